The molecule has 1 fully saturated rings. The average molecular weight is 350 g/mol. The van der Waals surface area contributed by atoms with Crippen LogP contribution in [0, 0.1) is 5.92 Å². The van der Waals surface area contributed by atoms with Crippen LogP contribution in [0.3, 0.4) is 0 Å². The van der Waals surface area contributed by atoms with Gasteiger partial charge in [-0.05, 0) is 6.42 Å². The number of imidazole rings is 1. The summed E-state index contributed by atoms with van der Waals surface area (Å²) < 4.78 is 17.9. The predicted octanol–water partition coefficient (Wildman–Crippen LogP) is -0.193. The summed E-state index contributed by atoms with van der Waals surface area (Å²) in [4.78, 5) is 40.3. The number of nitrogen functional groups attached to an aromatic ring is 1. The molecule has 12 heteroatoms. The minimum Gasteiger partial charge on any atom is -0.369 e. The van der Waals surface area contributed by atoms with Gasteiger partial charge in [-0.25, -0.2) is 4.98 Å². The van der Waals surface area contributed by atoms with Crippen LogP contribution in [0.4, 0.5) is 5.95 Å². The minimum absolute atomic E-state index is 0.0440. The summed E-state index contributed by atoms with van der Waals surface area (Å²) in [6, 6.07) is 0. The molecule has 0 bridgehead atoms. The number of nitrogens with zero attached hydrogens (tertiary/aromatic N) is 3. The lowest BCUT2D eigenvalue weighted by Crippen LogP contribution is -2.17. The molecular formula is C10H13ClN5O5P. The van der Waals surface area contributed by atoms with Crippen molar-refractivity contribution >= 4 is 36.3 Å². The molecule has 1 aliphatic rings. The zero-order valence-corrected chi connectivity index (χ0v) is 12.7. The standard InChI is InChI=1S/C10H13ClN5O5P/c11-7-4(1-5(21-7)22(18,19)20)2-16-3-13-6-8(16)14-10(12)15-9(6)17/h3-5,7H,1-2H2,(H2,18,19,20)(H3,12,14,15,17)/t4-,5-,7-/m0/s1. The van der Waals surface area contributed by atoms with Crippen molar-refractivity contribution in [2.75, 3.05) is 5.73 Å². The third-order valence-electron chi connectivity index (χ3n) is 3.46. The number of alkyl halides is 1. The van der Waals surface area contributed by atoms with Crippen LogP contribution in [0.25, 0.3) is 11.2 Å². The first-order chi connectivity index (χ1) is 10.3. The zero-order valence-electron chi connectivity index (χ0n) is 11.1. The fourth-order valence-electron chi connectivity index (χ4n) is 2.41. The Labute approximate surface area is 128 Å². The van der Waals surface area contributed by atoms with Crippen LogP contribution in [0.2, 0.25) is 0 Å². The number of aromatic amines is 1. The van der Waals surface area contributed by atoms with Gasteiger partial charge in [0.2, 0.25) is 5.95 Å². The number of rotatable bonds is 3. The Morgan fingerprint density at radius 1 is 1.59 bits per heavy atom. The van der Waals surface area contributed by atoms with Crippen molar-refractivity contribution in [1.82, 2.24) is 19.5 Å². The maximum absolute atomic E-state index is 11.7. The summed E-state index contributed by atoms with van der Waals surface area (Å²) in [5.74, 6) is -1.63. The highest BCUT2D eigenvalue weighted by Crippen LogP contribution is 2.50. The van der Waals surface area contributed by atoms with Crippen molar-refractivity contribution in [2.45, 2.75) is 24.4 Å². The predicted molar refractivity (Wildman–Crippen MR) is 77.2 cm³/mol. The number of anilines is 1. The summed E-state index contributed by atoms with van der Waals surface area (Å²) in [5, 5.41) is 0. The van der Waals surface area contributed by atoms with Crippen LogP contribution in [0.15, 0.2) is 11.1 Å². The van der Waals surface area contributed by atoms with E-state index in [0.29, 0.717) is 0 Å². The van der Waals surface area contributed by atoms with Gasteiger partial charge in [0.05, 0.1) is 6.33 Å². The quantitative estimate of drug-likeness (QED) is 0.438. The first-order valence-electron chi connectivity index (χ1n) is 6.31. The van der Waals surface area contributed by atoms with E-state index in [4.69, 9.17) is 31.9 Å². The number of nitrogens with one attached hydrogen (secondary N) is 1. The van der Waals surface area contributed by atoms with Gasteiger partial charge in [-0.1, -0.05) is 11.6 Å². The smallest absolute Gasteiger partial charge is 0.354 e. The van der Waals surface area contributed by atoms with Gasteiger partial charge in [-0.2, -0.15) is 4.98 Å². The van der Waals surface area contributed by atoms with E-state index in [9.17, 15) is 9.36 Å². The zero-order chi connectivity index (χ0) is 16.1. The lowest BCUT2D eigenvalue weighted by atomic mass is 10.1. The third kappa shape index (κ3) is 2.75. The molecule has 3 atom stereocenters. The summed E-state index contributed by atoms with van der Waals surface area (Å²) in [6.45, 7) is 0.247. The maximum Gasteiger partial charge on any atom is 0.354 e. The summed E-state index contributed by atoms with van der Waals surface area (Å²) >= 11 is 6.00. The van der Waals surface area contributed by atoms with Crippen molar-refractivity contribution < 1.29 is 19.1 Å². The molecule has 0 aromatic carbocycles. The molecular weight excluding hydrogens is 337 g/mol. The highest BCUT2D eigenvalue weighted by atomic mass is 35.5. The molecule has 2 aromatic heterocycles. The monoisotopic (exact) mass is 349 g/mol. The van der Waals surface area contributed by atoms with Crippen LogP contribution < -0.4 is 11.3 Å². The van der Waals surface area contributed by atoms with Gasteiger partial charge in [0, 0.05) is 12.5 Å². The number of nitrogens with two attached hydrogens (primary N) is 1. The molecule has 1 saturated heterocycles. The highest BCUT2D eigenvalue weighted by molar-refractivity contribution is 7.52. The molecule has 0 amide bonds. The Morgan fingerprint density at radius 2 is 2.32 bits per heavy atom. The third-order valence-corrected chi connectivity index (χ3v) is 5.00. The van der Waals surface area contributed by atoms with E-state index in [2.05, 4.69) is 15.0 Å². The topological polar surface area (TPSA) is 156 Å². The van der Waals surface area contributed by atoms with Gasteiger partial charge in [-0.3, -0.25) is 14.3 Å². The summed E-state index contributed by atoms with van der Waals surface area (Å²) in [5.41, 5.74) is 4.61. The Morgan fingerprint density at radius 3 is 2.95 bits per heavy atom. The molecule has 22 heavy (non-hydrogen) atoms. The number of aromatic nitrogens is 4. The number of halogens is 1. The van der Waals surface area contributed by atoms with Crippen molar-refractivity contribution in [2.24, 2.45) is 5.92 Å². The Bertz CT molecular complexity index is 816. The SMILES string of the molecule is Nc1nc2c(ncn2C[C@@H]2C[C@H](P(=O)(O)O)O[C@@H]2Cl)c(=O)[nH]1. The lowest BCUT2D eigenvalue weighted by molar-refractivity contribution is 0.107. The van der Waals surface area contributed by atoms with Gasteiger partial charge in [-0.15, -0.1) is 0 Å². The molecule has 1 aliphatic heterocycles. The summed E-state index contributed by atoms with van der Waals surface area (Å²) in [6.07, 6.45) is 1.50. The van der Waals surface area contributed by atoms with Crippen molar-refractivity contribution in [3.8, 4) is 0 Å². The molecule has 0 aliphatic carbocycles. The van der Waals surface area contributed by atoms with E-state index >= 15 is 0 Å². The van der Waals surface area contributed by atoms with Gasteiger partial charge < -0.3 is 24.8 Å². The molecule has 10 nitrogen and oxygen atoms in total. The highest BCUT2D eigenvalue weighted by Gasteiger charge is 2.43. The second kappa shape index (κ2) is 5.32. The molecule has 0 saturated carbocycles. The Hall–Kier alpha value is -1.45. The van der Waals surface area contributed by atoms with Gasteiger partial charge in [0.1, 0.15) is 5.56 Å². The molecule has 5 N–H and O–H groups in total. The summed E-state index contributed by atoms with van der Waals surface area (Å²) in [7, 11) is -4.36. The molecule has 120 valence electrons. The van der Waals surface area contributed by atoms with Crippen LogP contribution in [-0.2, 0) is 15.8 Å². The molecule has 0 unspecified atom stereocenters. The van der Waals surface area contributed by atoms with E-state index < -0.39 is 24.6 Å². The van der Waals surface area contributed by atoms with E-state index in [1.807, 2.05) is 0 Å². The number of fused-ring (bicyclic) bond motifs is 1. The van der Waals surface area contributed by atoms with Gasteiger partial charge >= 0.3 is 7.60 Å². The van der Waals surface area contributed by atoms with Crippen LogP contribution in [-0.4, -0.2) is 40.7 Å². The average Bonchev–Trinajstić information content (AvgIpc) is 2.95. The van der Waals surface area contributed by atoms with Crippen molar-refractivity contribution in [1.29, 1.82) is 0 Å². The van der Waals surface area contributed by atoms with Crippen LogP contribution in [0.1, 0.15) is 6.42 Å². The van der Waals surface area contributed by atoms with E-state index in [1.54, 1.807) is 4.57 Å². The van der Waals surface area contributed by atoms with Crippen molar-refractivity contribution in [3.63, 3.8) is 0 Å². The molecule has 2 aromatic rings. The second-order valence-electron chi connectivity index (χ2n) is 5.05. The fraction of sp³-hybridized carbons (Fsp3) is 0.500. The van der Waals surface area contributed by atoms with Crippen LogP contribution in [0.5, 0.6) is 0 Å². The molecule has 0 spiro atoms. The lowest BCUT2D eigenvalue weighted by Gasteiger charge is -2.12. The largest absolute Gasteiger partial charge is 0.369 e. The Balaban J connectivity index is 1.88. The normalized spacial score (nSPS) is 25.9. The van der Waals surface area contributed by atoms with E-state index in [0.717, 1.165) is 0 Å². The van der Waals surface area contributed by atoms with E-state index in [-0.39, 0.29) is 36.0 Å². The molecule has 0 radical (unpaired) electrons. The number of hydrogen-bond acceptors (Lipinski definition) is 6. The van der Waals surface area contributed by atoms with Gasteiger partial charge in [0.15, 0.2) is 17.0 Å². The second-order valence-corrected chi connectivity index (χ2v) is 7.23. The Kier molecular flexibility index (Phi) is 3.74. The van der Waals surface area contributed by atoms with Crippen molar-refractivity contribution in [3.05, 3.63) is 16.7 Å². The number of ether oxygens (including phenoxy) is 1. The fourth-order valence-corrected chi connectivity index (χ4v) is 3.63. The molecule has 3 heterocycles. The van der Waals surface area contributed by atoms with Gasteiger partial charge in [0.25, 0.3) is 5.56 Å². The van der Waals surface area contributed by atoms with E-state index in [1.165, 1.54) is 6.33 Å². The first kappa shape index (κ1) is 15.4. The number of H-pyrrole nitrogens is 1. The van der Waals surface area contributed by atoms with Crippen LogP contribution >= 0.6 is 19.2 Å². The first-order valence-corrected chi connectivity index (χ1v) is 8.43. The minimum atomic E-state index is -4.36. The maximum atomic E-state index is 11.7. The number of hydrogen-bond donors (Lipinski definition) is 4. The molecule has 3 rings (SSSR count).